The van der Waals surface area contributed by atoms with Crippen molar-refractivity contribution in [2.75, 3.05) is 30.8 Å². The molecule has 3 rings (SSSR count). The first kappa shape index (κ1) is 34.4. The number of nitrogens with one attached hydrogen (secondary N) is 1. The lowest BCUT2D eigenvalue weighted by molar-refractivity contribution is -0.141. The van der Waals surface area contributed by atoms with Gasteiger partial charge in [-0.15, -0.1) is 0 Å². The molecule has 0 radical (unpaired) electrons. The van der Waals surface area contributed by atoms with Gasteiger partial charge in [-0.3, -0.25) is 13.9 Å². The number of amides is 2. The van der Waals surface area contributed by atoms with Crippen LogP contribution in [0.5, 0.6) is 11.5 Å². The monoisotopic (exact) mass is 623 g/mol. The Kier molecular flexibility index (Phi) is 13.1. The Morgan fingerprint density at radius 3 is 2.27 bits per heavy atom. The van der Waals surface area contributed by atoms with E-state index in [0.29, 0.717) is 30.2 Å². The zero-order valence-corrected chi connectivity index (χ0v) is 27.2. The van der Waals surface area contributed by atoms with Crippen molar-refractivity contribution in [2.45, 2.75) is 65.1 Å². The maximum absolute atomic E-state index is 14.1. The molecule has 0 spiro atoms. The summed E-state index contributed by atoms with van der Waals surface area (Å²) in [5.74, 6) is 0.619. The maximum atomic E-state index is 14.1. The number of ether oxygens (including phenoxy) is 2. The van der Waals surface area contributed by atoms with Crippen molar-refractivity contribution in [1.29, 1.82) is 0 Å². The van der Waals surface area contributed by atoms with Gasteiger partial charge in [0.1, 0.15) is 17.5 Å². The van der Waals surface area contributed by atoms with Crippen molar-refractivity contribution >= 4 is 27.5 Å². The third-order valence-electron chi connectivity index (χ3n) is 7.35. The SMILES string of the molecule is CCOc1ccccc1N(CCCC(=O)N(Cc1cccc(OC)c1)[C@H](Cc1ccccc1)C(=O)N[C@@H](C)CC)S(C)(=O)=O. The molecule has 44 heavy (non-hydrogen) atoms. The summed E-state index contributed by atoms with van der Waals surface area (Å²) in [5, 5.41) is 3.07. The average molecular weight is 624 g/mol. The Morgan fingerprint density at radius 1 is 0.932 bits per heavy atom. The van der Waals surface area contributed by atoms with Crippen LogP contribution in [0.1, 0.15) is 51.2 Å². The molecule has 10 heteroatoms. The molecule has 1 N–H and O–H groups in total. The fourth-order valence-electron chi connectivity index (χ4n) is 4.89. The summed E-state index contributed by atoms with van der Waals surface area (Å²) in [4.78, 5) is 29.4. The molecule has 2 atom stereocenters. The third kappa shape index (κ3) is 10.0. The van der Waals surface area contributed by atoms with Crippen molar-refractivity contribution in [3.8, 4) is 11.5 Å². The minimum atomic E-state index is -3.67. The normalized spacial score (nSPS) is 12.6. The Morgan fingerprint density at radius 2 is 1.61 bits per heavy atom. The highest BCUT2D eigenvalue weighted by atomic mass is 32.2. The summed E-state index contributed by atoms with van der Waals surface area (Å²) in [6.45, 7) is 6.40. The summed E-state index contributed by atoms with van der Waals surface area (Å²) in [6.07, 6.45) is 2.50. The summed E-state index contributed by atoms with van der Waals surface area (Å²) in [7, 11) is -2.09. The van der Waals surface area contributed by atoms with Crippen LogP contribution in [0.2, 0.25) is 0 Å². The minimum absolute atomic E-state index is 0.0364. The first-order valence-electron chi connectivity index (χ1n) is 15.0. The van der Waals surface area contributed by atoms with Gasteiger partial charge < -0.3 is 19.7 Å². The average Bonchev–Trinajstić information content (AvgIpc) is 3.01. The molecule has 0 saturated heterocycles. The molecule has 9 nitrogen and oxygen atoms in total. The van der Waals surface area contributed by atoms with Gasteiger partial charge in [0, 0.05) is 32.0 Å². The first-order valence-corrected chi connectivity index (χ1v) is 16.9. The quantitative estimate of drug-likeness (QED) is 0.222. The number of nitrogens with zero attached hydrogens (tertiary/aromatic N) is 2. The molecule has 0 aliphatic heterocycles. The molecule has 0 unspecified atom stereocenters. The number of methoxy groups -OCH3 is 1. The van der Waals surface area contributed by atoms with Crippen LogP contribution in [-0.2, 0) is 32.6 Å². The zero-order chi connectivity index (χ0) is 32.1. The lowest BCUT2D eigenvalue weighted by Gasteiger charge is -2.33. The van der Waals surface area contributed by atoms with Crippen LogP contribution in [0.15, 0.2) is 78.9 Å². The zero-order valence-electron chi connectivity index (χ0n) is 26.4. The van der Waals surface area contributed by atoms with Crippen molar-refractivity contribution < 1.29 is 27.5 Å². The third-order valence-corrected chi connectivity index (χ3v) is 8.53. The lowest BCUT2D eigenvalue weighted by Crippen LogP contribution is -2.52. The highest BCUT2D eigenvalue weighted by Crippen LogP contribution is 2.30. The van der Waals surface area contributed by atoms with E-state index < -0.39 is 16.1 Å². The highest BCUT2D eigenvalue weighted by molar-refractivity contribution is 7.92. The molecule has 0 fully saturated rings. The standard InChI is InChI=1S/C34H45N3O6S/c1-6-26(3)35-34(39)31(24-27-15-9-8-10-16-27)36(25-28-17-13-18-29(23-28)42-4)33(38)21-14-22-37(44(5,40)41)30-19-11-12-20-32(30)43-7-2/h8-13,15-20,23,26,31H,6-7,14,21-22,24-25H2,1-5H3,(H,35,39)/t26-,31+/m0/s1. The minimum Gasteiger partial charge on any atom is -0.497 e. The predicted octanol–water partition coefficient (Wildman–Crippen LogP) is 5.19. The molecule has 3 aromatic carbocycles. The number of anilines is 1. The van der Waals surface area contributed by atoms with Gasteiger partial charge in [0.2, 0.25) is 21.8 Å². The first-order chi connectivity index (χ1) is 21.1. The molecule has 2 amide bonds. The van der Waals surface area contributed by atoms with Crippen molar-refractivity contribution in [1.82, 2.24) is 10.2 Å². The number of para-hydroxylation sites is 2. The van der Waals surface area contributed by atoms with E-state index in [2.05, 4.69) is 5.32 Å². The van der Waals surface area contributed by atoms with Gasteiger partial charge in [0.25, 0.3) is 0 Å². The van der Waals surface area contributed by atoms with Crippen LogP contribution in [0.4, 0.5) is 5.69 Å². The van der Waals surface area contributed by atoms with E-state index in [1.807, 2.05) is 75.4 Å². The topological polar surface area (TPSA) is 105 Å². The van der Waals surface area contributed by atoms with Gasteiger partial charge >= 0.3 is 0 Å². The van der Waals surface area contributed by atoms with Gasteiger partial charge in [-0.1, -0.05) is 61.5 Å². The summed E-state index contributed by atoms with van der Waals surface area (Å²) in [6, 6.07) is 23.1. The van der Waals surface area contributed by atoms with Gasteiger partial charge in [0.15, 0.2) is 0 Å². The second-order valence-electron chi connectivity index (χ2n) is 10.7. The molecule has 0 bridgehead atoms. The van der Waals surface area contributed by atoms with Crippen LogP contribution in [0.25, 0.3) is 0 Å². The van der Waals surface area contributed by atoms with E-state index in [0.717, 1.165) is 23.8 Å². The molecule has 3 aromatic rings. The van der Waals surface area contributed by atoms with E-state index in [4.69, 9.17) is 9.47 Å². The Labute approximate surface area is 262 Å². The number of carbonyl (C=O) groups is 2. The van der Waals surface area contributed by atoms with Crippen LogP contribution < -0.4 is 19.1 Å². The molecule has 238 valence electrons. The Balaban J connectivity index is 1.92. The van der Waals surface area contributed by atoms with E-state index in [9.17, 15) is 18.0 Å². The number of rotatable bonds is 17. The van der Waals surface area contributed by atoms with Crippen molar-refractivity contribution in [2.24, 2.45) is 0 Å². The fourth-order valence-corrected chi connectivity index (χ4v) is 5.85. The van der Waals surface area contributed by atoms with E-state index in [1.165, 1.54) is 4.31 Å². The molecule has 0 aliphatic carbocycles. The van der Waals surface area contributed by atoms with E-state index >= 15 is 0 Å². The summed E-state index contributed by atoms with van der Waals surface area (Å²) < 4.78 is 38.0. The number of hydrogen-bond donors (Lipinski definition) is 1. The van der Waals surface area contributed by atoms with Gasteiger partial charge in [0.05, 0.1) is 25.7 Å². The molecule has 0 saturated carbocycles. The number of carbonyl (C=O) groups excluding carboxylic acids is 2. The molecule has 0 aliphatic rings. The lowest BCUT2D eigenvalue weighted by atomic mass is 10.0. The molecule has 0 heterocycles. The molecular weight excluding hydrogens is 578 g/mol. The molecule has 0 aromatic heterocycles. The summed E-state index contributed by atoms with van der Waals surface area (Å²) in [5.41, 5.74) is 2.17. The van der Waals surface area contributed by atoms with E-state index in [1.54, 1.807) is 36.3 Å². The van der Waals surface area contributed by atoms with Crippen LogP contribution in [-0.4, -0.2) is 63.7 Å². The fraction of sp³-hybridized carbons (Fsp3) is 0.412. The number of benzene rings is 3. The van der Waals surface area contributed by atoms with E-state index in [-0.39, 0.29) is 43.8 Å². The van der Waals surface area contributed by atoms with Crippen molar-refractivity contribution in [3.05, 3.63) is 90.0 Å². The number of hydrogen-bond acceptors (Lipinski definition) is 6. The smallest absolute Gasteiger partial charge is 0.243 e. The predicted molar refractivity (Wildman–Crippen MR) is 174 cm³/mol. The van der Waals surface area contributed by atoms with Crippen molar-refractivity contribution in [3.63, 3.8) is 0 Å². The molecular formula is C34H45N3O6S. The number of sulfonamides is 1. The van der Waals surface area contributed by atoms with Gasteiger partial charge in [-0.05, 0) is 62.1 Å². The van der Waals surface area contributed by atoms with Crippen LogP contribution in [0.3, 0.4) is 0 Å². The Hall–Kier alpha value is -4.05. The highest BCUT2D eigenvalue weighted by Gasteiger charge is 2.31. The van der Waals surface area contributed by atoms with Gasteiger partial charge in [-0.25, -0.2) is 8.42 Å². The second-order valence-corrected chi connectivity index (χ2v) is 12.6. The summed E-state index contributed by atoms with van der Waals surface area (Å²) >= 11 is 0. The largest absolute Gasteiger partial charge is 0.497 e. The Bertz CT molecular complexity index is 1460. The van der Waals surface area contributed by atoms with Crippen LogP contribution in [0, 0.1) is 0 Å². The maximum Gasteiger partial charge on any atom is 0.243 e. The van der Waals surface area contributed by atoms with Crippen LogP contribution >= 0.6 is 0 Å². The second kappa shape index (κ2) is 16.7. The van der Waals surface area contributed by atoms with Gasteiger partial charge in [-0.2, -0.15) is 0 Å².